The fourth-order valence-corrected chi connectivity index (χ4v) is 6.89. The molecule has 1 aromatic heterocycles. The Kier molecular flexibility index (Phi) is 6.41. The van der Waals surface area contributed by atoms with Crippen molar-refractivity contribution in [3.8, 4) is 0 Å². The molecule has 0 aromatic carbocycles. The van der Waals surface area contributed by atoms with Crippen LogP contribution in [0, 0.1) is 17.8 Å². The third kappa shape index (κ3) is 4.90. The fourth-order valence-electron chi connectivity index (χ4n) is 6.89. The maximum Gasteiger partial charge on any atom is 0.410 e. The number of alkyl halides is 2. The van der Waals surface area contributed by atoms with Crippen LogP contribution < -0.4 is 9.80 Å². The third-order valence-corrected chi connectivity index (χ3v) is 9.31. The second-order valence-electron chi connectivity index (χ2n) is 13.1. The quantitative estimate of drug-likeness (QED) is 0.570. The van der Waals surface area contributed by atoms with Gasteiger partial charge in [-0.2, -0.15) is 13.8 Å². The summed E-state index contributed by atoms with van der Waals surface area (Å²) in [6.45, 7) is 11.9. The average molecular weight is 547 g/mol. The summed E-state index contributed by atoms with van der Waals surface area (Å²) in [7, 11) is 0. The summed E-state index contributed by atoms with van der Waals surface area (Å²) in [5, 5.41) is 0. The third-order valence-electron chi connectivity index (χ3n) is 9.31. The molecule has 2 bridgehead atoms. The number of hydrogen-bond donors (Lipinski definition) is 0. The SMILES string of the molecule is CC1CCN1c1nc(N2C[C@H]3C[C@@H](C2)C3CC(=O)N2CCN(C(=O)OC(C)(C)C)CC2)c2c(n1)C(F)(F)CC2. The highest BCUT2D eigenvalue weighted by Crippen LogP contribution is 2.51. The molecule has 214 valence electrons. The Morgan fingerprint density at radius 2 is 1.69 bits per heavy atom. The van der Waals surface area contributed by atoms with Gasteiger partial charge in [0.1, 0.15) is 17.1 Å². The van der Waals surface area contributed by atoms with Crippen molar-refractivity contribution in [2.75, 3.05) is 55.6 Å². The second-order valence-corrected chi connectivity index (χ2v) is 13.1. The highest BCUT2D eigenvalue weighted by atomic mass is 19.3. The first-order chi connectivity index (χ1) is 18.4. The zero-order chi connectivity index (χ0) is 27.7. The van der Waals surface area contributed by atoms with E-state index in [-0.39, 0.29) is 30.2 Å². The van der Waals surface area contributed by atoms with E-state index in [1.807, 2.05) is 30.6 Å². The van der Waals surface area contributed by atoms with E-state index in [4.69, 9.17) is 9.72 Å². The Morgan fingerprint density at radius 1 is 1.03 bits per heavy atom. The van der Waals surface area contributed by atoms with Gasteiger partial charge in [0.25, 0.3) is 5.92 Å². The number of amides is 2. The normalized spacial score (nSPS) is 29.5. The number of carbonyl (C=O) groups excluding carboxylic acids is 2. The first-order valence-electron chi connectivity index (χ1n) is 14.5. The molecule has 2 aliphatic carbocycles. The van der Waals surface area contributed by atoms with Gasteiger partial charge < -0.3 is 24.3 Å². The number of hydrogen-bond acceptors (Lipinski definition) is 7. The number of piperazine rings is 1. The lowest BCUT2D eigenvalue weighted by molar-refractivity contribution is -0.137. The molecule has 39 heavy (non-hydrogen) atoms. The van der Waals surface area contributed by atoms with Crippen molar-refractivity contribution in [3.63, 3.8) is 0 Å². The summed E-state index contributed by atoms with van der Waals surface area (Å²) in [4.78, 5) is 42.5. The van der Waals surface area contributed by atoms with Crippen molar-refractivity contribution in [1.29, 1.82) is 0 Å². The van der Waals surface area contributed by atoms with Crippen molar-refractivity contribution < 1.29 is 23.1 Å². The predicted octanol–water partition coefficient (Wildman–Crippen LogP) is 3.65. The van der Waals surface area contributed by atoms with E-state index < -0.39 is 11.5 Å². The van der Waals surface area contributed by atoms with Crippen molar-refractivity contribution >= 4 is 23.8 Å². The van der Waals surface area contributed by atoms with Gasteiger partial charge >= 0.3 is 6.09 Å². The smallest absolute Gasteiger partial charge is 0.410 e. The molecule has 6 aliphatic rings. The van der Waals surface area contributed by atoms with Gasteiger partial charge in [-0.3, -0.25) is 4.79 Å². The number of carbonyl (C=O) groups is 2. The van der Waals surface area contributed by atoms with Gasteiger partial charge in [-0.05, 0) is 64.7 Å². The first-order valence-corrected chi connectivity index (χ1v) is 14.5. The standard InChI is InChI=1S/C28H40F2N6O3/c1-17-6-8-36(17)25-31-23-20(5-7-28(23,29)30)24(32-25)35-15-18-13-19(16-35)21(18)14-22(37)33-9-11-34(12-10-33)26(38)39-27(2,3)4/h17-19,21H,5-16H2,1-4H3/t17?,18-,19+,21?. The number of fused-ring (bicyclic) bond motifs is 3. The molecule has 2 unspecified atom stereocenters. The number of ether oxygens (including phenoxy) is 1. The molecule has 4 aliphatic heterocycles. The molecular formula is C28H40F2N6O3. The summed E-state index contributed by atoms with van der Waals surface area (Å²) in [6, 6.07) is 0.266. The largest absolute Gasteiger partial charge is 0.444 e. The maximum absolute atomic E-state index is 14.8. The van der Waals surface area contributed by atoms with Crippen LogP contribution in [0.3, 0.4) is 0 Å². The minimum Gasteiger partial charge on any atom is -0.444 e. The Balaban J connectivity index is 1.08. The molecular weight excluding hydrogens is 506 g/mol. The summed E-state index contributed by atoms with van der Waals surface area (Å²) >= 11 is 0. The first kappa shape index (κ1) is 26.5. The van der Waals surface area contributed by atoms with Gasteiger partial charge in [-0.1, -0.05) is 0 Å². The monoisotopic (exact) mass is 546 g/mol. The minimum atomic E-state index is -2.91. The summed E-state index contributed by atoms with van der Waals surface area (Å²) in [6.07, 6.45) is 2.36. The number of anilines is 2. The Hall–Kier alpha value is -2.72. The molecule has 1 saturated carbocycles. The van der Waals surface area contributed by atoms with Crippen LogP contribution in [-0.2, 0) is 21.9 Å². The molecule has 5 heterocycles. The second kappa shape index (κ2) is 9.44. The summed E-state index contributed by atoms with van der Waals surface area (Å²) in [5.41, 5.74) is -0.0200. The van der Waals surface area contributed by atoms with Gasteiger partial charge in [-0.15, -0.1) is 0 Å². The van der Waals surface area contributed by atoms with Gasteiger partial charge in [0, 0.05) is 70.3 Å². The molecule has 9 nitrogen and oxygen atoms in total. The van der Waals surface area contributed by atoms with Crippen LogP contribution in [0.4, 0.5) is 25.3 Å². The van der Waals surface area contributed by atoms with E-state index in [0.29, 0.717) is 74.1 Å². The Morgan fingerprint density at radius 3 is 2.28 bits per heavy atom. The van der Waals surface area contributed by atoms with Gasteiger partial charge in [-0.25, -0.2) is 9.78 Å². The zero-order valence-electron chi connectivity index (χ0n) is 23.5. The van der Waals surface area contributed by atoms with Crippen molar-refractivity contribution in [3.05, 3.63) is 11.3 Å². The lowest BCUT2D eigenvalue weighted by Gasteiger charge is -2.54. The zero-order valence-corrected chi connectivity index (χ0v) is 23.5. The van der Waals surface area contributed by atoms with Crippen molar-refractivity contribution in [2.24, 2.45) is 17.8 Å². The summed E-state index contributed by atoms with van der Waals surface area (Å²) < 4.78 is 35.0. The van der Waals surface area contributed by atoms with E-state index >= 15 is 0 Å². The van der Waals surface area contributed by atoms with E-state index in [0.717, 1.165) is 32.5 Å². The van der Waals surface area contributed by atoms with Crippen LogP contribution in [-0.4, -0.2) is 89.2 Å². The van der Waals surface area contributed by atoms with Gasteiger partial charge in [0.15, 0.2) is 0 Å². The highest BCUT2D eigenvalue weighted by Gasteiger charge is 2.50. The van der Waals surface area contributed by atoms with Crippen LogP contribution in [0.25, 0.3) is 0 Å². The molecule has 0 N–H and O–H groups in total. The van der Waals surface area contributed by atoms with Crippen LogP contribution in [0.15, 0.2) is 0 Å². The molecule has 2 amide bonds. The lowest BCUT2D eigenvalue weighted by Crippen LogP contribution is -2.58. The molecule has 7 rings (SSSR count). The summed E-state index contributed by atoms with van der Waals surface area (Å²) in [5.74, 6) is -0.627. The average Bonchev–Trinajstić information content (AvgIpc) is 3.19. The predicted molar refractivity (Wildman–Crippen MR) is 142 cm³/mol. The number of aromatic nitrogens is 2. The van der Waals surface area contributed by atoms with Crippen molar-refractivity contribution in [1.82, 2.24) is 19.8 Å². The number of halogens is 2. The van der Waals surface area contributed by atoms with E-state index in [1.165, 1.54) is 0 Å². The van der Waals surface area contributed by atoms with Crippen molar-refractivity contribution in [2.45, 2.75) is 77.4 Å². The topological polar surface area (TPSA) is 82.1 Å². The molecule has 0 spiro atoms. The van der Waals surface area contributed by atoms with E-state index in [2.05, 4.69) is 16.8 Å². The molecule has 0 radical (unpaired) electrons. The highest BCUT2D eigenvalue weighted by molar-refractivity contribution is 5.77. The van der Waals surface area contributed by atoms with Gasteiger partial charge in [0.2, 0.25) is 11.9 Å². The number of piperidine rings is 2. The van der Waals surface area contributed by atoms with Crippen LogP contribution in [0.5, 0.6) is 0 Å². The number of rotatable bonds is 4. The molecule has 11 heteroatoms. The van der Waals surface area contributed by atoms with Crippen LogP contribution in [0.1, 0.15) is 64.6 Å². The van der Waals surface area contributed by atoms with E-state index in [1.54, 1.807) is 4.90 Å². The molecule has 1 aromatic rings. The molecule has 4 saturated heterocycles. The van der Waals surface area contributed by atoms with Crippen LogP contribution in [0.2, 0.25) is 0 Å². The lowest BCUT2D eigenvalue weighted by atomic mass is 9.60. The number of nitrogens with zero attached hydrogens (tertiary/aromatic N) is 6. The van der Waals surface area contributed by atoms with E-state index in [9.17, 15) is 18.4 Å². The minimum absolute atomic E-state index is 0.0851. The molecule has 4 atom stereocenters. The maximum atomic E-state index is 14.8. The fraction of sp³-hybridized carbons (Fsp3) is 0.786. The Bertz CT molecular complexity index is 1140. The Labute approximate surface area is 228 Å². The van der Waals surface area contributed by atoms with Gasteiger partial charge in [0.05, 0.1) is 0 Å². The molecule has 5 fully saturated rings. The van der Waals surface area contributed by atoms with Crippen LogP contribution >= 0.6 is 0 Å².